The molecule has 1 heterocycles. The number of nitrogens with one attached hydrogen (secondary N) is 1. The van der Waals surface area contributed by atoms with E-state index in [0.29, 0.717) is 41.2 Å². The number of aromatic amines is 1. The maximum Gasteiger partial charge on any atom is 0.258 e. The molecule has 0 unspecified atom stereocenters. The van der Waals surface area contributed by atoms with Crippen LogP contribution in [0.4, 0.5) is 0 Å². The Hall–Kier alpha value is -3.35. The van der Waals surface area contributed by atoms with Gasteiger partial charge in [-0.15, -0.1) is 0 Å². The van der Waals surface area contributed by atoms with Crippen molar-refractivity contribution in [3.63, 3.8) is 0 Å². The summed E-state index contributed by atoms with van der Waals surface area (Å²) >= 11 is 0. The van der Waals surface area contributed by atoms with Crippen LogP contribution in [-0.2, 0) is 17.8 Å². The van der Waals surface area contributed by atoms with E-state index in [1.165, 1.54) is 6.92 Å². The molecule has 0 fully saturated rings. The fraction of sp³-hybridized carbons (Fsp3) is 0.286. The average molecular weight is 381 g/mol. The minimum atomic E-state index is -0.205. The molecule has 7 nitrogen and oxygen atoms in total. The average Bonchev–Trinajstić information content (AvgIpc) is 2.70. The second kappa shape index (κ2) is 8.56. The third-order valence-corrected chi connectivity index (χ3v) is 4.57. The second-order valence-electron chi connectivity index (χ2n) is 6.41. The van der Waals surface area contributed by atoms with Gasteiger partial charge in [-0.25, -0.2) is 4.98 Å². The molecule has 0 bridgehead atoms. The van der Waals surface area contributed by atoms with Crippen LogP contribution < -0.4 is 15.0 Å². The van der Waals surface area contributed by atoms with E-state index < -0.39 is 0 Å². The number of benzene rings is 2. The number of rotatable bonds is 7. The van der Waals surface area contributed by atoms with Crippen LogP contribution in [0.5, 0.6) is 11.5 Å². The van der Waals surface area contributed by atoms with Gasteiger partial charge in [0, 0.05) is 13.5 Å². The Morgan fingerprint density at radius 1 is 1.11 bits per heavy atom. The number of amides is 1. The summed E-state index contributed by atoms with van der Waals surface area (Å²) in [5, 5.41) is 0.533. The predicted molar refractivity (Wildman–Crippen MR) is 107 cm³/mol. The van der Waals surface area contributed by atoms with E-state index in [2.05, 4.69) is 9.97 Å². The normalized spacial score (nSPS) is 10.7. The van der Waals surface area contributed by atoms with Gasteiger partial charge in [-0.1, -0.05) is 18.2 Å². The highest BCUT2D eigenvalue weighted by Gasteiger charge is 2.13. The summed E-state index contributed by atoms with van der Waals surface area (Å²) in [6.45, 7) is 2.23. The van der Waals surface area contributed by atoms with Gasteiger partial charge in [0.2, 0.25) is 5.91 Å². The summed E-state index contributed by atoms with van der Waals surface area (Å²) in [7, 11) is 3.18. The third-order valence-electron chi connectivity index (χ3n) is 4.57. The second-order valence-corrected chi connectivity index (χ2v) is 6.41. The molecule has 1 aromatic heterocycles. The number of para-hydroxylation sites is 1. The van der Waals surface area contributed by atoms with E-state index in [0.717, 1.165) is 5.56 Å². The molecule has 0 aliphatic rings. The van der Waals surface area contributed by atoms with Crippen LogP contribution in [0.1, 0.15) is 18.3 Å². The molecule has 0 aliphatic heterocycles. The Labute approximate surface area is 162 Å². The molecule has 3 aromatic rings. The zero-order valence-electron chi connectivity index (χ0n) is 16.2. The molecular weight excluding hydrogens is 358 g/mol. The molecule has 7 heteroatoms. The van der Waals surface area contributed by atoms with Crippen LogP contribution in [0.15, 0.2) is 47.3 Å². The Bertz CT molecular complexity index is 1050. The molecule has 0 saturated heterocycles. The Morgan fingerprint density at radius 3 is 2.57 bits per heavy atom. The van der Waals surface area contributed by atoms with Gasteiger partial charge in [0.25, 0.3) is 5.56 Å². The van der Waals surface area contributed by atoms with Gasteiger partial charge in [0.15, 0.2) is 11.5 Å². The summed E-state index contributed by atoms with van der Waals surface area (Å²) in [4.78, 5) is 33.2. The van der Waals surface area contributed by atoms with Gasteiger partial charge in [0.1, 0.15) is 5.82 Å². The smallest absolute Gasteiger partial charge is 0.258 e. The summed E-state index contributed by atoms with van der Waals surface area (Å²) in [6, 6.07) is 12.8. The van der Waals surface area contributed by atoms with Gasteiger partial charge in [-0.05, 0) is 36.2 Å². The lowest BCUT2D eigenvalue weighted by molar-refractivity contribution is -0.129. The topological polar surface area (TPSA) is 84.5 Å². The first-order valence-corrected chi connectivity index (χ1v) is 8.96. The zero-order chi connectivity index (χ0) is 20.1. The molecule has 1 amide bonds. The van der Waals surface area contributed by atoms with Crippen molar-refractivity contribution in [2.24, 2.45) is 0 Å². The van der Waals surface area contributed by atoms with Crippen LogP contribution in [0.2, 0.25) is 0 Å². The molecule has 0 saturated carbocycles. The highest BCUT2D eigenvalue weighted by molar-refractivity contribution is 5.77. The van der Waals surface area contributed by atoms with Crippen molar-refractivity contribution < 1.29 is 14.3 Å². The van der Waals surface area contributed by atoms with Crippen molar-refractivity contribution in [2.75, 3.05) is 20.8 Å². The van der Waals surface area contributed by atoms with Crippen LogP contribution >= 0.6 is 0 Å². The van der Waals surface area contributed by atoms with Gasteiger partial charge < -0.3 is 19.4 Å². The van der Waals surface area contributed by atoms with Crippen LogP contribution in [0, 0.1) is 0 Å². The van der Waals surface area contributed by atoms with Crippen LogP contribution in [0.3, 0.4) is 0 Å². The van der Waals surface area contributed by atoms with Gasteiger partial charge in [-0.2, -0.15) is 0 Å². The minimum absolute atomic E-state index is 0.0868. The van der Waals surface area contributed by atoms with E-state index in [9.17, 15) is 9.59 Å². The molecule has 2 aromatic carbocycles. The SMILES string of the molecule is COc1ccc(CCN(Cc2nc3ccccc3c(=O)[nH]2)C(C)=O)cc1OC. The van der Waals surface area contributed by atoms with Crippen molar-refractivity contribution >= 4 is 16.8 Å². The lowest BCUT2D eigenvalue weighted by atomic mass is 10.1. The maximum atomic E-state index is 12.2. The van der Waals surface area contributed by atoms with E-state index in [1.54, 1.807) is 37.3 Å². The molecule has 28 heavy (non-hydrogen) atoms. The zero-order valence-corrected chi connectivity index (χ0v) is 16.2. The number of carbonyl (C=O) groups excluding carboxylic acids is 1. The molecule has 0 spiro atoms. The fourth-order valence-corrected chi connectivity index (χ4v) is 3.04. The quantitative estimate of drug-likeness (QED) is 0.680. The molecule has 0 aliphatic carbocycles. The van der Waals surface area contributed by atoms with Gasteiger partial charge >= 0.3 is 0 Å². The predicted octanol–water partition coefficient (Wildman–Crippen LogP) is 2.53. The highest BCUT2D eigenvalue weighted by atomic mass is 16.5. The first-order chi connectivity index (χ1) is 13.5. The van der Waals surface area contributed by atoms with Crippen molar-refractivity contribution in [2.45, 2.75) is 19.9 Å². The molecule has 1 N–H and O–H groups in total. The van der Waals surface area contributed by atoms with E-state index in [-0.39, 0.29) is 18.0 Å². The largest absolute Gasteiger partial charge is 0.493 e. The van der Waals surface area contributed by atoms with Crippen LogP contribution in [0.25, 0.3) is 10.9 Å². The first-order valence-electron chi connectivity index (χ1n) is 8.96. The number of H-pyrrole nitrogens is 1. The summed E-state index contributed by atoms with van der Waals surface area (Å²) < 4.78 is 10.6. The monoisotopic (exact) mass is 381 g/mol. The van der Waals surface area contributed by atoms with Crippen molar-refractivity contribution in [3.05, 3.63) is 64.2 Å². The minimum Gasteiger partial charge on any atom is -0.493 e. The molecule has 146 valence electrons. The number of nitrogens with zero attached hydrogens (tertiary/aromatic N) is 2. The molecule has 3 rings (SSSR count). The number of methoxy groups -OCH3 is 2. The standard InChI is InChI=1S/C21H23N3O4/c1-14(25)24(11-10-15-8-9-18(27-2)19(12-15)28-3)13-20-22-17-7-5-4-6-16(17)21(26)23-20/h4-9,12H,10-11,13H2,1-3H3,(H,22,23,26). The van der Waals surface area contributed by atoms with Gasteiger partial charge in [0.05, 0.1) is 31.7 Å². The third kappa shape index (κ3) is 4.31. The highest BCUT2D eigenvalue weighted by Crippen LogP contribution is 2.27. The number of hydrogen-bond donors (Lipinski definition) is 1. The first kappa shape index (κ1) is 19.4. The summed E-state index contributed by atoms with van der Waals surface area (Å²) in [6.07, 6.45) is 0.637. The Morgan fingerprint density at radius 2 is 1.86 bits per heavy atom. The molecule has 0 radical (unpaired) electrons. The molecule has 0 atom stereocenters. The van der Waals surface area contributed by atoms with E-state index >= 15 is 0 Å². The number of aromatic nitrogens is 2. The Balaban J connectivity index is 1.76. The number of ether oxygens (including phenoxy) is 2. The number of fused-ring (bicyclic) bond motifs is 1. The van der Waals surface area contributed by atoms with Crippen LogP contribution in [-0.4, -0.2) is 41.5 Å². The fourth-order valence-electron chi connectivity index (χ4n) is 3.04. The van der Waals surface area contributed by atoms with E-state index in [1.807, 2.05) is 24.3 Å². The van der Waals surface area contributed by atoms with E-state index in [4.69, 9.17) is 9.47 Å². The summed E-state index contributed by atoms with van der Waals surface area (Å²) in [5.41, 5.74) is 1.43. The maximum absolute atomic E-state index is 12.2. The number of hydrogen-bond acceptors (Lipinski definition) is 5. The van der Waals surface area contributed by atoms with Crippen molar-refractivity contribution in [1.29, 1.82) is 0 Å². The Kier molecular flexibility index (Phi) is 5.93. The lowest BCUT2D eigenvalue weighted by Gasteiger charge is -2.21. The molecular formula is C21H23N3O4. The lowest BCUT2D eigenvalue weighted by Crippen LogP contribution is -2.32. The summed E-state index contributed by atoms with van der Waals surface area (Å²) in [5.74, 6) is 1.69. The number of carbonyl (C=O) groups is 1. The van der Waals surface area contributed by atoms with Crippen molar-refractivity contribution in [1.82, 2.24) is 14.9 Å². The van der Waals surface area contributed by atoms with Gasteiger partial charge in [-0.3, -0.25) is 9.59 Å². The van der Waals surface area contributed by atoms with Crippen molar-refractivity contribution in [3.8, 4) is 11.5 Å².